The van der Waals surface area contributed by atoms with Crippen LogP contribution in [0.2, 0.25) is 5.02 Å². The Morgan fingerprint density at radius 2 is 1.92 bits per heavy atom. The summed E-state index contributed by atoms with van der Waals surface area (Å²) >= 11 is 5.95. The number of hydrogen-bond donors (Lipinski definition) is 2. The van der Waals surface area contributed by atoms with Crippen molar-refractivity contribution in [1.29, 1.82) is 0 Å². The van der Waals surface area contributed by atoms with Crippen LogP contribution in [0.1, 0.15) is 16.1 Å². The van der Waals surface area contributed by atoms with E-state index in [9.17, 15) is 4.79 Å². The normalized spacial score (nSPS) is 10.2. The largest absolute Gasteiger partial charge is 0.347 e. The molecule has 0 saturated heterocycles. The van der Waals surface area contributed by atoms with Gasteiger partial charge in [0.15, 0.2) is 0 Å². The van der Waals surface area contributed by atoms with Crippen molar-refractivity contribution in [3.8, 4) is 0 Å². The zero-order chi connectivity index (χ0) is 16.8. The first-order chi connectivity index (χ1) is 11.7. The molecule has 0 saturated carbocycles. The first-order valence-corrected chi connectivity index (χ1v) is 7.60. The monoisotopic (exact) mass is 339 g/mol. The van der Waals surface area contributed by atoms with Gasteiger partial charge in [-0.25, -0.2) is 9.97 Å². The minimum absolute atomic E-state index is 0.275. The average Bonchev–Trinajstić information content (AvgIpc) is 2.61. The van der Waals surface area contributed by atoms with Crippen LogP contribution in [0.25, 0.3) is 0 Å². The standard InChI is InChI=1S/C17H14ClN5O/c18-13-2-1-3-14(8-13)23-16-9-15(21-11-22-16)17(24)20-10-12-4-6-19-7-5-12/h1-9,11H,10H2,(H,20,24)(H,21,22,23). The topological polar surface area (TPSA) is 79.8 Å². The Labute approximate surface area is 143 Å². The zero-order valence-corrected chi connectivity index (χ0v) is 13.4. The highest BCUT2D eigenvalue weighted by Crippen LogP contribution is 2.18. The quantitative estimate of drug-likeness (QED) is 0.746. The molecular weight excluding hydrogens is 326 g/mol. The molecule has 0 aliphatic carbocycles. The lowest BCUT2D eigenvalue weighted by Crippen LogP contribution is -2.24. The van der Waals surface area contributed by atoms with Crippen molar-refractivity contribution < 1.29 is 4.79 Å². The number of rotatable bonds is 5. The van der Waals surface area contributed by atoms with Gasteiger partial charge in [-0.1, -0.05) is 17.7 Å². The first kappa shape index (κ1) is 15.9. The van der Waals surface area contributed by atoms with E-state index in [0.29, 0.717) is 17.4 Å². The van der Waals surface area contributed by atoms with Crippen molar-refractivity contribution in [1.82, 2.24) is 20.3 Å². The van der Waals surface area contributed by atoms with Crippen LogP contribution in [0, 0.1) is 0 Å². The first-order valence-electron chi connectivity index (χ1n) is 7.22. The predicted molar refractivity (Wildman–Crippen MR) is 92.2 cm³/mol. The molecule has 1 aromatic carbocycles. The second-order valence-electron chi connectivity index (χ2n) is 4.96. The van der Waals surface area contributed by atoms with Crippen LogP contribution in [0.5, 0.6) is 0 Å². The molecule has 120 valence electrons. The van der Waals surface area contributed by atoms with Gasteiger partial charge in [0.1, 0.15) is 17.8 Å². The number of carbonyl (C=O) groups is 1. The van der Waals surface area contributed by atoms with Crippen LogP contribution < -0.4 is 10.6 Å². The van der Waals surface area contributed by atoms with Crippen LogP contribution in [0.3, 0.4) is 0 Å². The third-order valence-corrected chi connectivity index (χ3v) is 3.43. The predicted octanol–water partition coefficient (Wildman–Crippen LogP) is 3.20. The number of nitrogens with zero attached hydrogens (tertiary/aromatic N) is 3. The number of pyridine rings is 1. The summed E-state index contributed by atoms with van der Waals surface area (Å²) in [4.78, 5) is 24.3. The molecular formula is C17H14ClN5O. The molecule has 0 spiro atoms. The number of aromatic nitrogens is 3. The Balaban J connectivity index is 1.67. The van der Waals surface area contributed by atoms with Crippen molar-refractivity contribution in [2.75, 3.05) is 5.32 Å². The number of carbonyl (C=O) groups excluding carboxylic acids is 1. The highest BCUT2D eigenvalue weighted by molar-refractivity contribution is 6.30. The van der Waals surface area contributed by atoms with Gasteiger partial charge in [-0.2, -0.15) is 0 Å². The fourth-order valence-corrected chi connectivity index (χ4v) is 2.23. The van der Waals surface area contributed by atoms with Gasteiger partial charge in [0, 0.05) is 35.7 Å². The SMILES string of the molecule is O=C(NCc1ccncc1)c1cc(Nc2cccc(Cl)c2)ncn1. The Bertz CT molecular complexity index is 841. The van der Waals surface area contributed by atoms with E-state index in [1.807, 2.05) is 24.3 Å². The maximum atomic E-state index is 12.2. The minimum Gasteiger partial charge on any atom is -0.347 e. The summed E-state index contributed by atoms with van der Waals surface area (Å²) < 4.78 is 0. The molecule has 0 bridgehead atoms. The lowest BCUT2D eigenvalue weighted by Gasteiger charge is -2.08. The molecule has 0 fully saturated rings. The van der Waals surface area contributed by atoms with Crippen LogP contribution in [-0.4, -0.2) is 20.9 Å². The van der Waals surface area contributed by atoms with Gasteiger partial charge < -0.3 is 10.6 Å². The molecule has 3 aromatic rings. The number of hydrogen-bond acceptors (Lipinski definition) is 5. The molecule has 0 unspecified atom stereocenters. The Hall–Kier alpha value is -2.99. The maximum Gasteiger partial charge on any atom is 0.270 e. The van der Waals surface area contributed by atoms with E-state index in [0.717, 1.165) is 11.3 Å². The van der Waals surface area contributed by atoms with Gasteiger partial charge in [-0.15, -0.1) is 0 Å². The minimum atomic E-state index is -0.275. The van der Waals surface area contributed by atoms with E-state index in [-0.39, 0.29) is 11.6 Å². The van der Waals surface area contributed by atoms with Crippen molar-refractivity contribution >= 4 is 29.0 Å². The van der Waals surface area contributed by atoms with E-state index in [1.54, 1.807) is 30.6 Å². The molecule has 0 atom stereocenters. The summed E-state index contributed by atoms with van der Waals surface area (Å²) in [5.74, 6) is 0.240. The summed E-state index contributed by atoms with van der Waals surface area (Å²) in [6.45, 7) is 0.405. The van der Waals surface area contributed by atoms with Gasteiger partial charge in [-0.05, 0) is 35.9 Å². The lowest BCUT2D eigenvalue weighted by atomic mass is 10.2. The number of anilines is 2. The summed E-state index contributed by atoms with van der Waals surface area (Å²) in [5.41, 5.74) is 2.03. The fourth-order valence-electron chi connectivity index (χ4n) is 2.04. The molecule has 0 radical (unpaired) electrons. The van der Waals surface area contributed by atoms with E-state index in [1.165, 1.54) is 6.33 Å². The number of halogens is 1. The molecule has 0 aliphatic heterocycles. The molecule has 3 rings (SSSR count). The van der Waals surface area contributed by atoms with E-state index in [2.05, 4.69) is 25.6 Å². The second-order valence-corrected chi connectivity index (χ2v) is 5.40. The maximum absolute atomic E-state index is 12.2. The summed E-state index contributed by atoms with van der Waals surface area (Å²) in [7, 11) is 0. The highest BCUT2D eigenvalue weighted by Gasteiger charge is 2.09. The molecule has 7 heteroatoms. The van der Waals surface area contributed by atoms with Crippen molar-refractivity contribution in [3.63, 3.8) is 0 Å². The summed E-state index contributed by atoms with van der Waals surface area (Å²) in [5, 5.41) is 6.51. The second kappa shape index (κ2) is 7.52. The molecule has 0 aliphatic rings. The lowest BCUT2D eigenvalue weighted by molar-refractivity contribution is 0.0946. The third kappa shape index (κ3) is 4.27. The zero-order valence-electron chi connectivity index (χ0n) is 12.6. The van der Waals surface area contributed by atoms with Gasteiger partial charge in [0.2, 0.25) is 0 Å². The Morgan fingerprint density at radius 1 is 1.08 bits per heavy atom. The Kier molecular flexibility index (Phi) is 4.98. The Morgan fingerprint density at radius 3 is 2.71 bits per heavy atom. The number of benzene rings is 1. The van der Waals surface area contributed by atoms with Crippen LogP contribution in [-0.2, 0) is 6.54 Å². The smallest absolute Gasteiger partial charge is 0.270 e. The molecule has 2 heterocycles. The molecule has 24 heavy (non-hydrogen) atoms. The highest BCUT2D eigenvalue weighted by atomic mass is 35.5. The van der Waals surface area contributed by atoms with Gasteiger partial charge in [0.25, 0.3) is 5.91 Å². The fraction of sp³-hybridized carbons (Fsp3) is 0.0588. The third-order valence-electron chi connectivity index (χ3n) is 3.20. The number of amides is 1. The van der Waals surface area contributed by atoms with Gasteiger partial charge in [-0.3, -0.25) is 9.78 Å². The molecule has 6 nitrogen and oxygen atoms in total. The van der Waals surface area contributed by atoms with Crippen molar-refractivity contribution in [2.45, 2.75) is 6.54 Å². The molecule has 1 amide bonds. The summed E-state index contributed by atoms with van der Waals surface area (Å²) in [6, 6.07) is 12.5. The van der Waals surface area contributed by atoms with Gasteiger partial charge >= 0.3 is 0 Å². The molecule has 2 N–H and O–H groups in total. The van der Waals surface area contributed by atoms with Crippen LogP contribution in [0.15, 0.2) is 61.2 Å². The average molecular weight is 340 g/mol. The van der Waals surface area contributed by atoms with E-state index in [4.69, 9.17) is 11.6 Å². The van der Waals surface area contributed by atoms with Crippen molar-refractivity contribution in [2.24, 2.45) is 0 Å². The summed E-state index contributed by atoms with van der Waals surface area (Å²) in [6.07, 6.45) is 4.70. The van der Waals surface area contributed by atoms with E-state index < -0.39 is 0 Å². The van der Waals surface area contributed by atoms with Crippen LogP contribution in [0.4, 0.5) is 11.5 Å². The molecule has 2 aromatic heterocycles. The van der Waals surface area contributed by atoms with Gasteiger partial charge in [0.05, 0.1) is 0 Å². The van der Waals surface area contributed by atoms with Crippen molar-refractivity contribution in [3.05, 3.63) is 77.5 Å². The van der Waals surface area contributed by atoms with Crippen LogP contribution >= 0.6 is 11.6 Å². The van der Waals surface area contributed by atoms with E-state index >= 15 is 0 Å². The number of nitrogens with one attached hydrogen (secondary N) is 2.